The zero-order valence-corrected chi connectivity index (χ0v) is 8.20. The van der Waals surface area contributed by atoms with Crippen molar-refractivity contribution in [3.63, 3.8) is 0 Å². The van der Waals surface area contributed by atoms with E-state index in [2.05, 4.69) is 10.3 Å². The molecule has 66 valence electrons. The summed E-state index contributed by atoms with van der Waals surface area (Å²) < 4.78 is 1.76. The summed E-state index contributed by atoms with van der Waals surface area (Å²) in [6, 6.07) is 0. The van der Waals surface area contributed by atoms with Gasteiger partial charge in [-0.3, -0.25) is 4.68 Å². The number of rotatable bonds is 1. The van der Waals surface area contributed by atoms with Gasteiger partial charge in [0.15, 0.2) is 0 Å². The second kappa shape index (κ2) is 11.9. The zero-order chi connectivity index (χ0) is 9.11. The van der Waals surface area contributed by atoms with E-state index >= 15 is 0 Å². The average Bonchev–Trinajstić information content (AvgIpc) is 2.63. The molecule has 0 unspecified atom stereocenters. The predicted molar refractivity (Wildman–Crippen MR) is 48.4 cm³/mol. The molecular weight excluding hydrogens is 138 g/mol. The third-order valence-corrected chi connectivity index (χ3v) is 0.796. The molecule has 0 saturated carbocycles. The van der Waals surface area contributed by atoms with Gasteiger partial charge in [0.2, 0.25) is 0 Å². The molecule has 1 aromatic heterocycles. The van der Waals surface area contributed by atoms with Gasteiger partial charge in [-0.2, -0.15) is 0 Å². The molecule has 0 fully saturated rings. The van der Waals surface area contributed by atoms with Crippen LogP contribution in [0.15, 0.2) is 12.4 Å². The standard InChI is InChI=1S/C4H7N3.2C2H6/c1-2-7-4-3-5-6-7;2*1-2/h3-4H,2H2,1H3;2*1-2H3. The highest BCUT2D eigenvalue weighted by atomic mass is 15.4. The van der Waals surface area contributed by atoms with Gasteiger partial charge >= 0.3 is 0 Å². The number of hydrogen-bond acceptors (Lipinski definition) is 2. The van der Waals surface area contributed by atoms with Crippen molar-refractivity contribution >= 4 is 0 Å². The van der Waals surface area contributed by atoms with Gasteiger partial charge in [0, 0.05) is 12.7 Å². The van der Waals surface area contributed by atoms with Gasteiger partial charge in [-0.05, 0) is 6.92 Å². The Hall–Kier alpha value is -0.860. The smallest absolute Gasteiger partial charge is 0.0692 e. The first-order valence-corrected chi connectivity index (χ1v) is 4.27. The lowest BCUT2D eigenvalue weighted by molar-refractivity contribution is 0.627. The highest BCUT2D eigenvalue weighted by Crippen LogP contribution is 1.75. The van der Waals surface area contributed by atoms with E-state index in [0.29, 0.717) is 0 Å². The number of aryl methyl sites for hydroxylation is 1. The van der Waals surface area contributed by atoms with Gasteiger partial charge in [-0.15, -0.1) is 5.10 Å². The molecule has 0 amide bonds. The SMILES string of the molecule is CC.CC.CCn1ccnn1. The van der Waals surface area contributed by atoms with Crippen LogP contribution in [-0.4, -0.2) is 15.0 Å². The fourth-order valence-electron chi connectivity index (χ4n) is 0.401. The van der Waals surface area contributed by atoms with Crippen LogP contribution in [-0.2, 0) is 6.54 Å². The summed E-state index contributed by atoms with van der Waals surface area (Å²) in [6.45, 7) is 10.9. The summed E-state index contributed by atoms with van der Waals surface area (Å²) in [5.41, 5.74) is 0. The zero-order valence-electron chi connectivity index (χ0n) is 8.20. The first-order chi connectivity index (χ1) is 5.43. The largest absolute Gasteiger partial charge is 0.253 e. The van der Waals surface area contributed by atoms with Crippen molar-refractivity contribution in [1.82, 2.24) is 15.0 Å². The fraction of sp³-hybridized carbons (Fsp3) is 0.750. The highest BCUT2D eigenvalue weighted by Gasteiger charge is 1.78. The summed E-state index contributed by atoms with van der Waals surface area (Å²) >= 11 is 0. The summed E-state index contributed by atoms with van der Waals surface area (Å²) in [4.78, 5) is 0. The molecule has 1 aromatic rings. The first kappa shape index (κ1) is 12.8. The van der Waals surface area contributed by atoms with Crippen molar-refractivity contribution in [3.8, 4) is 0 Å². The van der Waals surface area contributed by atoms with Gasteiger partial charge in [-0.25, -0.2) is 0 Å². The maximum atomic E-state index is 3.70. The van der Waals surface area contributed by atoms with Gasteiger partial charge in [0.05, 0.1) is 6.20 Å². The minimum Gasteiger partial charge on any atom is -0.253 e. The topological polar surface area (TPSA) is 30.7 Å². The molecule has 0 aliphatic carbocycles. The second-order valence-electron chi connectivity index (χ2n) is 1.26. The molecule has 0 bridgehead atoms. The van der Waals surface area contributed by atoms with E-state index in [1.807, 2.05) is 40.8 Å². The van der Waals surface area contributed by atoms with E-state index in [0.717, 1.165) is 6.54 Å². The van der Waals surface area contributed by atoms with Crippen LogP contribution in [0.1, 0.15) is 34.6 Å². The van der Waals surface area contributed by atoms with E-state index in [1.165, 1.54) is 0 Å². The highest BCUT2D eigenvalue weighted by molar-refractivity contribution is 4.61. The predicted octanol–water partition coefficient (Wildman–Crippen LogP) is 2.35. The summed E-state index contributed by atoms with van der Waals surface area (Å²) in [5.74, 6) is 0. The Morgan fingerprint density at radius 3 is 1.91 bits per heavy atom. The lowest BCUT2D eigenvalue weighted by Crippen LogP contribution is -1.92. The molecular formula is C8H19N3. The summed E-state index contributed by atoms with van der Waals surface area (Å²) in [6.07, 6.45) is 3.50. The number of hydrogen-bond donors (Lipinski definition) is 0. The Bertz CT molecular complexity index is 124. The lowest BCUT2D eigenvalue weighted by atomic mass is 10.7. The average molecular weight is 157 g/mol. The van der Waals surface area contributed by atoms with Gasteiger partial charge in [0.25, 0.3) is 0 Å². The first-order valence-electron chi connectivity index (χ1n) is 4.27. The second-order valence-corrected chi connectivity index (χ2v) is 1.26. The van der Waals surface area contributed by atoms with Crippen molar-refractivity contribution in [3.05, 3.63) is 12.4 Å². The third kappa shape index (κ3) is 7.03. The molecule has 1 heterocycles. The molecule has 0 aliphatic rings. The Balaban J connectivity index is 0. The molecule has 1 rings (SSSR count). The molecule has 0 radical (unpaired) electrons. The van der Waals surface area contributed by atoms with E-state index < -0.39 is 0 Å². The molecule has 11 heavy (non-hydrogen) atoms. The monoisotopic (exact) mass is 157 g/mol. The molecule has 0 spiro atoms. The fourth-order valence-corrected chi connectivity index (χ4v) is 0.401. The van der Waals surface area contributed by atoms with Crippen LogP contribution < -0.4 is 0 Å². The van der Waals surface area contributed by atoms with E-state index in [1.54, 1.807) is 10.9 Å². The Morgan fingerprint density at radius 2 is 1.73 bits per heavy atom. The van der Waals surface area contributed by atoms with Gasteiger partial charge < -0.3 is 0 Å². The quantitative estimate of drug-likeness (QED) is 0.626. The lowest BCUT2D eigenvalue weighted by Gasteiger charge is -1.85. The molecule has 3 heteroatoms. The van der Waals surface area contributed by atoms with E-state index in [4.69, 9.17) is 0 Å². The minimum atomic E-state index is 0.903. The third-order valence-electron chi connectivity index (χ3n) is 0.796. The van der Waals surface area contributed by atoms with Gasteiger partial charge in [-0.1, -0.05) is 32.9 Å². The minimum absolute atomic E-state index is 0.903. The molecule has 0 aliphatic heterocycles. The van der Waals surface area contributed by atoms with Crippen LogP contribution in [0, 0.1) is 0 Å². The Morgan fingerprint density at radius 1 is 1.18 bits per heavy atom. The van der Waals surface area contributed by atoms with Crippen molar-refractivity contribution in [1.29, 1.82) is 0 Å². The van der Waals surface area contributed by atoms with Crippen molar-refractivity contribution in [2.45, 2.75) is 41.2 Å². The van der Waals surface area contributed by atoms with Crippen LogP contribution in [0.25, 0.3) is 0 Å². The van der Waals surface area contributed by atoms with Crippen LogP contribution in [0.4, 0.5) is 0 Å². The maximum absolute atomic E-state index is 3.70. The van der Waals surface area contributed by atoms with Crippen LogP contribution >= 0.6 is 0 Å². The van der Waals surface area contributed by atoms with E-state index in [9.17, 15) is 0 Å². The summed E-state index contributed by atoms with van der Waals surface area (Å²) in [7, 11) is 0. The number of nitrogens with zero attached hydrogens (tertiary/aromatic N) is 3. The van der Waals surface area contributed by atoms with Crippen LogP contribution in [0.3, 0.4) is 0 Å². The molecule has 0 aromatic carbocycles. The number of aromatic nitrogens is 3. The normalized spacial score (nSPS) is 7.00. The van der Waals surface area contributed by atoms with E-state index in [-0.39, 0.29) is 0 Å². The van der Waals surface area contributed by atoms with Crippen molar-refractivity contribution < 1.29 is 0 Å². The maximum Gasteiger partial charge on any atom is 0.0692 e. The molecule has 0 saturated heterocycles. The Labute approximate surface area is 69.4 Å². The summed E-state index contributed by atoms with van der Waals surface area (Å²) in [5, 5.41) is 7.31. The Kier molecular flexibility index (Phi) is 13.8. The van der Waals surface area contributed by atoms with Crippen molar-refractivity contribution in [2.24, 2.45) is 0 Å². The van der Waals surface area contributed by atoms with Gasteiger partial charge in [0.1, 0.15) is 0 Å². The van der Waals surface area contributed by atoms with Crippen LogP contribution in [0.2, 0.25) is 0 Å². The molecule has 0 N–H and O–H groups in total. The van der Waals surface area contributed by atoms with Crippen LogP contribution in [0.5, 0.6) is 0 Å². The van der Waals surface area contributed by atoms with Crippen molar-refractivity contribution in [2.75, 3.05) is 0 Å². The molecule has 0 atom stereocenters. The molecule has 3 nitrogen and oxygen atoms in total.